The summed E-state index contributed by atoms with van der Waals surface area (Å²) in [5, 5.41) is 1.29. The number of nitrogens with zero attached hydrogens (tertiary/aromatic N) is 1. The molecule has 4 rings (SSSR count). The first-order valence-corrected chi connectivity index (χ1v) is 10.2. The van der Waals surface area contributed by atoms with E-state index in [1.807, 2.05) is 0 Å². The quantitative estimate of drug-likeness (QED) is 0.403. The number of halogens is 3. The van der Waals surface area contributed by atoms with E-state index in [4.69, 9.17) is 23.2 Å². The molecule has 0 saturated carbocycles. The zero-order valence-corrected chi connectivity index (χ0v) is 16.9. The van der Waals surface area contributed by atoms with Crippen molar-refractivity contribution in [2.45, 2.75) is 4.90 Å². The second kappa shape index (κ2) is 7.94. The van der Waals surface area contributed by atoms with Crippen LogP contribution in [0.1, 0.15) is 15.9 Å². The molecule has 0 saturated heterocycles. The highest BCUT2D eigenvalue weighted by atomic mass is 35.5. The van der Waals surface area contributed by atoms with Crippen molar-refractivity contribution in [3.8, 4) is 0 Å². The number of hydrogen-bond acceptors (Lipinski definition) is 3. The fourth-order valence-electron chi connectivity index (χ4n) is 2.82. The molecule has 0 aliphatic rings. The summed E-state index contributed by atoms with van der Waals surface area (Å²) in [7, 11) is -1.64. The first kappa shape index (κ1) is 19.6. The summed E-state index contributed by atoms with van der Waals surface area (Å²) in [5.41, 5.74) is 0.861. The number of hydrogen-bond donors (Lipinski definition) is 2. The van der Waals surface area contributed by atoms with Crippen LogP contribution in [-0.2, 0) is 11.0 Å². The van der Waals surface area contributed by atoms with Gasteiger partial charge in [0.15, 0.2) is 5.78 Å². The molecule has 0 amide bonds. The highest BCUT2D eigenvalue weighted by Crippen LogP contribution is 2.26. The number of aromatic amines is 1. The van der Waals surface area contributed by atoms with Crippen LogP contribution in [0, 0.1) is 5.82 Å². The fraction of sp³-hybridized carbons (Fsp3) is 0. The van der Waals surface area contributed by atoms with Gasteiger partial charge in [0.1, 0.15) is 22.5 Å². The van der Waals surface area contributed by atoms with Gasteiger partial charge in [0.05, 0.1) is 15.5 Å². The number of H-pyrrole nitrogens is 1. The lowest BCUT2D eigenvalue weighted by Gasteiger charge is -2.09. The van der Waals surface area contributed by atoms with Crippen LogP contribution in [0.25, 0.3) is 11.0 Å². The number of rotatable bonds is 5. The predicted molar refractivity (Wildman–Crippen MR) is 112 cm³/mol. The van der Waals surface area contributed by atoms with Crippen molar-refractivity contribution in [2.24, 2.45) is 0 Å². The Bertz CT molecular complexity index is 1280. The fourth-order valence-corrected chi connectivity index (χ4v) is 4.13. The van der Waals surface area contributed by atoms with E-state index in [1.54, 1.807) is 30.3 Å². The van der Waals surface area contributed by atoms with Crippen molar-refractivity contribution in [1.82, 2.24) is 9.97 Å². The van der Waals surface area contributed by atoms with E-state index in [9.17, 15) is 13.4 Å². The molecule has 2 aromatic heterocycles. The lowest BCUT2D eigenvalue weighted by Crippen LogP contribution is -2.08. The molecule has 29 heavy (non-hydrogen) atoms. The summed E-state index contributed by atoms with van der Waals surface area (Å²) in [4.78, 5) is 20.4. The molecule has 2 heterocycles. The molecule has 0 aliphatic heterocycles. The molecule has 5 nitrogen and oxygen atoms in total. The molecule has 2 N–H and O–H groups in total. The van der Waals surface area contributed by atoms with Gasteiger partial charge in [-0.05, 0) is 42.5 Å². The standard InChI is InChI=1S/C20H12Cl2FN3O2S/c21-11-2-1-3-14(6-11)29(28)26-13-4-5-18(23)16(8-13)19(27)17-10-25-20-15(17)7-12(22)9-24-20/h1-10,26H,(H,24,25). The maximum atomic E-state index is 14.4. The monoisotopic (exact) mass is 447 g/mol. The molecule has 0 aliphatic carbocycles. The summed E-state index contributed by atoms with van der Waals surface area (Å²) >= 11 is 11.9. The van der Waals surface area contributed by atoms with Crippen molar-refractivity contribution in [3.05, 3.63) is 87.9 Å². The van der Waals surface area contributed by atoms with Crippen LogP contribution < -0.4 is 4.72 Å². The van der Waals surface area contributed by atoms with Gasteiger partial charge in [0, 0.05) is 34.1 Å². The molecule has 1 unspecified atom stereocenters. The Morgan fingerprint density at radius 2 is 1.90 bits per heavy atom. The summed E-state index contributed by atoms with van der Waals surface area (Å²) in [5.74, 6) is -1.24. The highest BCUT2D eigenvalue weighted by molar-refractivity contribution is 7.86. The third-order valence-corrected chi connectivity index (χ3v) is 5.72. The second-order valence-corrected chi connectivity index (χ2v) is 8.19. The Morgan fingerprint density at radius 3 is 2.69 bits per heavy atom. The van der Waals surface area contributed by atoms with E-state index in [1.165, 1.54) is 24.5 Å². The lowest BCUT2D eigenvalue weighted by molar-refractivity contribution is 0.103. The van der Waals surface area contributed by atoms with Crippen LogP contribution in [0.3, 0.4) is 0 Å². The van der Waals surface area contributed by atoms with Gasteiger partial charge in [-0.25, -0.2) is 13.6 Å². The van der Waals surface area contributed by atoms with Crippen molar-refractivity contribution in [2.75, 3.05) is 4.72 Å². The van der Waals surface area contributed by atoms with Crippen molar-refractivity contribution < 1.29 is 13.4 Å². The van der Waals surface area contributed by atoms with E-state index >= 15 is 0 Å². The molecule has 4 aromatic rings. The van der Waals surface area contributed by atoms with E-state index in [-0.39, 0.29) is 11.1 Å². The molecule has 1 atom stereocenters. The summed E-state index contributed by atoms with van der Waals surface area (Å²) in [6, 6.07) is 12.0. The lowest BCUT2D eigenvalue weighted by atomic mass is 10.0. The van der Waals surface area contributed by atoms with Crippen molar-refractivity contribution >= 4 is 56.7 Å². The Labute approximate surface area is 177 Å². The van der Waals surface area contributed by atoms with E-state index in [2.05, 4.69) is 14.7 Å². The van der Waals surface area contributed by atoms with Gasteiger partial charge >= 0.3 is 0 Å². The number of aromatic nitrogens is 2. The minimum absolute atomic E-state index is 0.168. The number of carbonyl (C=O) groups excluding carboxylic acids is 1. The first-order chi connectivity index (χ1) is 13.9. The minimum atomic E-state index is -1.64. The zero-order valence-electron chi connectivity index (χ0n) is 14.6. The Morgan fingerprint density at radius 1 is 1.07 bits per heavy atom. The maximum Gasteiger partial charge on any atom is 0.198 e. The van der Waals surface area contributed by atoms with E-state index in [0.717, 1.165) is 6.07 Å². The Balaban J connectivity index is 1.67. The Hall–Kier alpha value is -2.74. The number of fused-ring (bicyclic) bond motifs is 1. The van der Waals surface area contributed by atoms with Gasteiger partial charge in [-0.3, -0.25) is 4.79 Å². The van der Waals surface area contributed by atoms with Crippen LogP contribution in [0.15, 0.2) is 65.8 Å². The van der Waals surface area contributed by atoms with Gasteiger partial charge in [0.2, 0.25) is 0 Å². The number of nitrogens with one attached hydrogen (secondary N) is 2. The topological polar surface area (TPSA) is 74.8 Å². The number of pyridine rings is 1. The van der Waals surface area contributed by atoms with Crippen LogP contribution in [-0.4, -0.2) is 20.0 Å². The predicted octanol–water partition coefficient (Wildman–Crippen LogP) is 5.37. The molecule has 0 bridgehead atoms. The van der Waals surface area contributed by atoms with Crippen LogP contribution in [0.5, 0.6) is 0 Å². The van der Waals surface area contributed by atoms with Crippen LogP contribution in [0.4, 0.5) is 10.1 Å². The summed E-state index contributed by atoms with van der Waals surface area (Å²) < 4.78 is 29.7. The highest BCUT2D eigenvalue weighted by Gasteiger charge is 2.19. The van der Waals surface area contributed by atoms with Gasteiger partial charge in [-0.15, -0.1) is 0 Å². The largest absolute Gasteiger partial charge is 0.345 e. The van der Waals surface area contributed by atoms with Crippen molar-refractivity contribution in [3.63, 3.8) is 0 Å². The number of ketones is 1. The molecule has 0 fully saturated rings. The molecular formula is C20H12Cl2FN3O2S. The third-order valence-electron chi connectivity index (χ3n) is 4.17. The number of carbonyl (C=O) groups is 1. The molecule has 0 radical (unpaired) electrons. The molecule has 2 aromatic carbocycles. The van der Waals surface area contributed by atoms with Crippen LogP contribution >= 0.6 is 23.2 Å². The number of anilines is 1. The zero-order chi connectivity index (χ0) is 20.5. The Kier molecular flexibility index (Phi) is 5.36. The summed E-state index contributed by atoms with van der Waals surface area (Å²) in [6.07, 6.45) is 2.91. The first-order valence-electron chi connectivity index (χ1n) is 8.33. The second-order valence-electron chi connectivity index (χ2n) is 6.10. The van der Waals surface area contributed by atoms with Gasteiger partial charge in [-0.1, -0.05) is 29.3 Å². The number of benzene rings is 2. The van der Waals surface area contributed by atoms with Gasteiger partial charge in [0.25, 0.3) is 0 Å². The van der Waals surface area contributed by atoms with Crippen LogP contribution in [0.2, 0.25) is 10.0 Å². The average molecular weight is 448 g/mol. The maximum absolute atomic E-state index is 14.4. The smallest absolute Gasteiger partial charge is 0.198 e. The SMILES string of the molecule is O=C(c1cc(NS(=O)c2cccc(Cl)c2)ccc1F)c1c[nH]c2ncc(Cl)cc12. The van der Waals surface area contributed by atoms with Gasteiger partial charge < -0.3 is 9.71 Å². The average Bonchev–Trinajstić information content (AvgIpc) is 3.12. The third kappa shape index (κ3) is 4.03. The molecule has 0 spiro atoms. The van der Waals surface area contributed by atoms with E-state index < -0.39 is 22.6 Å². The minimum Gasteiger partial charge on any atom is -0.345 e. The molecular weight excluding hydrogens is 436 g/mol. The normalized spacial score (nSPS) is 12.1. The van der Waals surface area contributed by atoms with Crippen molar-refractivity contribution in [1.29, 1.82) is 0 Å². The molecule has 146 valence electrons. The van der Waals surface area contributed by atoms with E-state index in [0.29, 0.717) is 31.7 Å². The van der Waals surface area contributed by atoms with Gasteiger partial charge in [-0.2, -0.15) is 0 Å². The molecule has 9 heteroatoms. The summed E-state index contributed by atoms with van der Waals surface area (Å²) in [6.45, 7) is 0.